The Hall–Kier alpha value is -1.35. The van der Waals surface area contributed by atoms with E-state index in [1.165, 1.54) is 5.56 Å². The van der Waals surface area contributed by atoms with Gasteiger partial charge >= 0.3 is 0 Å². The summed E-state index contributed by atoms with van der Waals surface area (Å²) in [6.45, 7) is 9.81. The fourth-order valence-electron chi connectivity index (χ4n) is 2.00. The predicted octanol–water partition coefficient (Wildman–Crippen LogP) is 3.13. The number of benzene rings is 1. The monoisotopic (exact) mass is 262 g/mol. The number of rotatable bonds is 7. The summed E-state index contributed by atoms with van der Waals surface area (Å²) < 4.78 is 0. The van der Waals surface area contributed by atoms with Gasteiger partial charge in [0, 0.05) is 31.2 Å². The fraction of sp³-hybridized carbons (Fsp3) is 0.562. The number of carbonyl (C=O) groups is 1. The lowest BCUT2D eigenvalue weighted by atomic mass is 10.2. The van der Waals surface area contributed by atoms with Crippen molar-refractivity contribution in [3.05, 3.63) is 29.8 Å². The molecule has 0 radical (unpaired) electrons. The Bertz CT molecular complexity index is 403. The van der Waals surface area contributed by atoms with Crippen LogP contribution in [0.4, 0.5) is 5.69 Å². The number of nitrogens with one attached hydrogen (secondary N) is 1. The zero-order valence-corrected chi connectivity index (χ0v) is 12.6. The van der Waals surface area contributed by atoms with Crippen molar-refractivity contribution in [1.82, 2.24) is 5.32 Å². The lowest BCUT2D eigenvalue weighted by Gasteiger charge is -2.22. The van der Waals surface area contributed by atoms with Gasteiger partial charge < -0.3 is 10.2 Å². The molecule has 1 atom stereocenters. The molecule has 0 heterocycles. The Morgan fingerprint density at radius 1 is 1.37 bits per heavy atom. The SMILES string of the molecule is CCC(C)NCCC(=O)N(CC)c1cccc(C)c1. The van der Waals surface area contributed by atoms with Crippen LogP contribution >= 0.6 is 0 Å². The van der Waals surface area contributed by atoms with Crippen LogP contribution in [-0.2, 0) is 4.79 Å². The summed E-state index contributed by atoms with van der Waals surface area (Å²) in [7, 11) is 0. The second-order valence-electron chi connectivity index (χ2n) is 4.99. The maximum atomic E-state index is 12.2. The standard InChI is InChI=1S/C16H26N2O/c1-5-14(4)17-11-10-16(19)18(6-2)15-9-7-8-13(3)12-15/h7-9,12,14,17H,5-6,10-11H2,1-4H3. The van der Waals surface area contributed by atoms with Crippen LogP contribution in [0.2, 0.25) is 0 Å². The third-order valence-electron chi connectivity index (χ3n) is 3.37. The molecule has 0 saturated heterocycles. The predicted molar refractivity (Wildman–Crippen MR) is 81.6 cm³/mol. The molecule has 3 heteroatoms. The number of hydrogen-bond acceptors (Lipinski definition) is 2. The van der Waals surface area contributed by atoms with Crippen molar-refractivity contribution in [2.24, 2.45) is 0 Å². The van der Waals surface area contributed by atoms with Gasteiger partial charge in [-0.25, -0.2) is 0 Å². The van der Waals surface area contributed by atoms with Gasteiger partial charge in [-0.3, -0.25) is 4.79 Å². The van der Waals surface area contributed by atoms with Crippen molar-refractivity contribution < 1.29 is 4.79 Å². The van der Waals surface area contributed by atoms with E-state index in [0.717, 1.165) is 18.7 Å². The van der Waals surface area contributed by atoms with Crippen molar-refractivity contribution in [3.63, 3.8) is 0 Å². The van der Waals surface area contributed by atoms with E-state index in [1.54, 1.807) is 0 Å². The Morgan fingerprint density at radius 3 is 2.68 bits per heavy atom. The molecule has 1 amide bonds. The molecule has 0 aliphatic rings. The summed E-state index contributed by atoms with van der Waals surface area (Å²) in [5.41, 5.74) is 2.18. The first-order valence-electron chi connectivity index (χ1n) is 7.18. The van der Waals surface area contributed by atoms with E-state index in [2.05, 4.69) is 25.2 Å². The van der Waals surface area contributed by atoms with Crippen LogP contribution < -0.4 is 10.2 Å². The quantitative estimate of drug-likeness (QED) is 0.819. The summed E-state index contributed by atoms with van der Waals surface area (Å²) in [6, 6.07) is 8.58. The molecule has 19 heavy (non-hydrogen) atoms. The first-order chi connectivity index (χ1) is 9.08. The molecule has 0 aliphatic carbocycles. The molecular formula is C16H26N2O. The van der Waals surface area contributed by atoms with Crippen LogP contribution in [-0.4, -0.2) is 25.0 Å². The summed E-state index contributed by atoms with van der Waals surface area (Å²) in [6.07, 6.45) is 1.63. The third kappa shape index (κ3) is 5.03. The van der Waals surface area contributed by atoms with Gasteiger partial charge in [-0.1, -0.05) is 19.1 Å². The van der Waals surface area contributed by atoms with Gasteiger partial charge in [-0.2, -0.15) is 0 Å². The van der Waals surface area contributed by atoms with Crippen LogP contribution in [0.1, 0.15) is 39.2 Å². The summed E-state index contributed by atoms with van der Waals surface area (Å²) in [4.78, 5) is 14.1. The molecule has 1 rings (SSSR count). The van der Waals surface area contributed by atoms with E-state index >= 15 is 0 Å². The first kappa shape index (κ1) is 15.7. The number of aryl methyl sites for hydroxylation is 1. The van der Waals surface area contributed by atoms with Crippen LogP contribution in [0.5, 0.6) is 0 Å². The number of anilines is 1. The second-order valence-corrected chi connectivity index (χ2v) is 4.99. The molecule has 106 valence electrons. The molecule has 0 fully saturated rings. The minimum Gasteiger partial charge on any atom is -0.314 e. The number of nitrogens with zero attached hydrogens (tertiary/aromatic N) is 1. The van der Waals surface area contributed by atoms with Crippen molar-refractivity contribution in [2.45, 2.75) is 46.6 Å². The average molecular weight is 262 g/mol. The number of amides is 1. The summed E-state index contributed by atoms with van der Waals surface area (Å²) >= 11 is 0. The highest BCUT2D eigenvalue weighted by Crippen LogP contribution is 2.16. The zero-order chi connectivity index (χ0) is 14.3. The first-order valence-corrected chi connectivity index (χ1v) is 7.18. The van der Waals surface area contributed by atoms with Gasteiger partial charge in [0.05, 0.1) is 0 Å². The number of carbonyl (C=O) groups excluding carboxylic acids is 1. The van der Waals surface area contributed by atoms with E-state index in [1.807, 2.05) is 36.9 Å². The fourth-order valence-corrected chi connectivity index (χ4v) is 2.00. The van der Waals surface area contributed by atoms with E-state index in [9.17, 15) is 4.79 Å². The van der Waals surface area contributed by atoms with Gasteiger partial charge in [-0.05, 0) is 44.9 Å². The van der Waals surface area contributed by atoms with Crippen molar-refractivity contribution in [2.75, 3.05) is 18.0 Å². The highest BCUT2D eigenvalue weighted by molar-refractivity contribution is 5.93. The molecule has 0 aliphatic heterocycles. The average Bonchev–Trinajstić information content (AvgIpc) is 2.39. The second kappa shape index (κ2) is 7.95. The largest absolute Gasteiger partial charge is 0.314 e. The molecule has 1 unspecified atom stereocenters. The van der Waals surface area contributed by atoms with Crippen molar-refractivity contribution >= 4 is 11.6 Å². The molecule has 0 spiro atoms. The van der Waals surface area contributed by atoms with Crippen molar-refractivity contribution in [3.8, 4) is 0 Å². The van der Waals surface area contributed by atoms with Gasteiger partial charge in [-0.15, -0.1) is 0 Å². The zero-order valence-electron chi connectivity index (χ0n) is 12.6. The third-order valence-corrected chi connectivity index (χ3v) is 3.37. The number of hydrogen-bond donors (Lipinski definition) is 1. The summed E-state index contributed by atoms with van der Waals surface area (Å²) in [5, 5.41) is 3.36. The van der Waals surface area contributed by atoms with Crippen LogP contribution in [0.25, 0.3) is 0 Å². The van der Waals surface area contributed by atoms with Crippen LogP contribution in [0.15, 0.2) is 24.3 Å². The molecule has 1 N–H and O–H groups in total. The topological polar surface area (TPSA) is 32.3 Å². The molecule has 1 aromatic carbocycles. The van der Waals surface area contributed by atoms with E-state index in [4.69, 9.17) is 0 Å². The summed E-state index contributed by atoms with van der Waals surface area (Å²) in [5.74, 6) is 0.184. The minimum absolute atomic E-state index is 0.184. The Balaban J connectivity index is 2.57. The van der Waals surface area contributed by atoms with E-state index in [-0.39, 0.29) is 5.91 Å². The van der Waals surface area contributed by atoms with Crippen LogP contribution in [0, 0.1) is 6.92 Å². The van der Waals surface area contributed by atoms with E-state index in [0.29, 0.717) is 19.0 Å². The maximum Gasteiger partial charge on any atom is 0.228 e. The van der Waals surface area contributed by atoms with Crippen molar-refractivity contribution in [1.29, 1.82) is 0 Å². The minimum atomic E-state index is 0.184. The normalized spacial score (nSPS) is 12.2. The maximum absolute atomic E-state index is 12.2. The lowest BCUT2D eigenvalue weighted by Crippen LogP contribution is -2.35. The van der Waals surface area contributed by atoms with Crippen LogP contribution in [0.3, 0.4) is 0 Å². The molecule has 0 saturated carbocycles. The molecule has 1 aromatic rings. The molecule has 0 aromatic heterocycles. The molecule has 3 nitrogen and oxygen atoms in total. The molecular weight excluding hydrogens is 236 g/mol. The van der Waals surface area contributed by atoms with Gasteiger partial charge in [0.1, 0.15) is 0 Å². The molecule has 0 bridgehead atoms. The van der Waals surface area contributed by atoms with E-state index < -0.39 is 0 Å². The smallest absolute Gasteiger partial charge is 0.228 e. The van der Waals surface area contributed by atoms with Gasteiger partial charge in [0.15, 0.2) is 0 Å². The lowest BCUT2D eigenvalue weighted by molar-refractivity contribution is -0.118. The van der Waals surface area contributed by atoms with Gasteiger partial charge in [0.2, 0.25) is 5.91 Å². The Kier molecular flexibility index (Phi) is 6.57. The Labute approximate surface area is 117 Å². The highest BCUT2D eigenvalue weighted by atomic mass is 16.2. The Morgan fingerprint density at radius 2 is 2.11 bits per heavy atom. The highest BCUT2D eigenvalue weighted by Gasteiger charge is 2.13. The van der Waals surface area contributed by atoms with Gasteiger partial charge in [0.25, 0.3) is 0 Å².